The highest BCUT2D eigenvalue weighted by molar-refractivity contribution is 5.57. The fraction of sp³-hybridized carbons (Fsp3) is 0.286. The second-order valence-electron chi connectivity index (χ2n) is 4.04. The Morgan fingerprint density at radius 1 is 1.26 bits per heavy atom. The molecule has 2 rings (SSSR count). The van der Waals surface area contributed by atoms with Crippen LogP contribution in [0.2, 0.25) is 0 Å². The van der Waals surface area contributed by atoms with E-state index < -0.39 is 0 Å². The zero-order chi connectivity index (χ0) is 13.7. The van der Waals surface area contributed by atoms with Crippen molar-refractivity contribution < 1.29 is 9.13 Å². The molecule has 2 aromatic rings. The monoisotopic (exact) mass is 261 g/mol. The van der Waals surface area contributed by atoms with Crippen LogP contribution in [-0.2, 0) is 11.3 Å². The molecule has 0 saturated heterocycles. The molecule has 0 aliphatic heterocycles. The second kappa shape index (κ2) is 6.24. The van der Waals surface area contributed by atoms with Gasteiger partial charge in [-0.3, -0.25) is 0 Å². The van der Waals surface area contributed by atoms with Crippen LogP contribution in [0.1, 0.15) is 12.6 Å². The van der Waals surface area contributed by atoms with Crippen molar-refractivity contribution in [3.63, 3.8) is 0 Å². The summed E-state index contributed by atoms with van der Waals surface area (Å²) >= 11 is 0. The molecule has 1 N–H and O–H groups in total. The number of anilines is 1. The van der Waals surface area contributed by atoms with E-state index in [0.717, 1.165) is 12.2 Å². The van der Waals surface area contributed by atoms with E-state index in [1.54, 1.807) is 19.2 Å². The number of aromatic nitrogens is 2. The Morgan fingerprint density at radius 3 is 2.79 bits per heavy atom. The number of halogens is 1. The van der Waals surface area contributed by atoms with E-state index in [9.17, 15) is 4.39 Å². The summed E-state index contributed by atoms with van der Waals surface area (Å²) in [4.78, 5) is 8.75. The molecule has 0 aliphatic rings. The minimum Gasteiger partial charge on any atom is -0.378 e. The lowest BCUT2D eigenvalue weighted by Crippen LogP contribution is -2.04. The maximum absolute atomic E-state index is 13.3. The molecule has 0 fully saturated rings. The third-order valence-electron chi connectivity index (χ3n) is 2.51. The third-order valence-corrected chi connectivity index (χ3v) is 2.51. The molecule has 1 heterocycles. The Labute approximate surface area is 111 Å². The van der Waals surface area contributed by atoms with Gasteiger partial charge < -0.3 is 10.1 Å². The number of nitrogens with zero attached hydrogens (tertiary/aromatic N) is 2. The molecule has 4 nitrogen and oxygen atoms in total. The first-order chi connectivity index (χ1) is 9.22. The Balaban J connectivity index is 2.43. The van der Waals surface area contributed by atoms with Gasteiger partial charge in [0.05, 0.1) is 12.3 Å². The minimum atomic E-state index is -0.303. The molecule has 0 spiro atoms. The van der Waals surface area contributed by atoms with Crippen molar-refractivity contribution in [1.82, 2.24) is 9.97 Å². The first-order valence-electron chi connectivity index (χ1n) is 6.09. The molecule has 1 aromatic carbocycles. The Morgan fingerprint density at radius 2 is 2.11 bits per heavy atom. The second-order valence-corrected chi connectivity index (χ2v) is 4.04. The van der Waals surface area contributed by atoms with Gasteiger partial charge in [0.2, 0.25) is 0 Å². The number of ether oxygens (including phenoxy) is 1. The highest BCUT2D eigenvalue weighted by Gasteiger charge is 2.07. The normalized spacial score (nSPS) is 10.5. The van der Waals surface area contributed by atoms with Crippen molar-refractivity contribution in [1.29, 1.82) is 0 Å². The van der Waals surface area contributed by atoms with Crippen molar-refractivity contribution in [3.05, 3.63) is 41.8 Å². The lowest BCUT2D eigenvalue weighted by atomic mass is 10.2. The van der Waals surface area contributed by atoms with Gasteiger partial charge in [-0.2, -0.15) is 0 Å². The Hall–Kier alpha value is -2.01. The number of benzene rings is 1. The highest BCUT2D eigenvalue weighted by Crippen LogP contribution is 2.19. The van der Waals surface area contributed by atoms with E-state index in [2.05, 4.69) is 15.3 Å². The van der Waals surface area contributed by atoms with Crippen LogP contribution in [0, 0.1) is 5.82 Å². The predicted octanol–water partition coefficient (Wildman–Crippen LogP) is 2.86. The summed E-state index contributed by atoms with van der Waals surface area (Å²) in [7, 11) is 1.61. The molecule has 0 radical (unpaired) electrons. The SMILES string of the molecule is CCNc1cc(COC)nc(-c2cccc(F)c2)n1. The van der Waals surface area contributed by atoms with E-state index in [0.29, 0.717) is 23.8 Å². The van der Waals surface area contributed by atoms with Gasteiger partial charge in [-0.05, 0) is 19.1 Å². The van der Waals surface area contributed by atoms with Crippen molar-refractivity contribution in [2.24, 2.45) is 0 Å². The number of hydrogen-bond donors (Lipinski definition) is 1. The number of rotatable bonds is 5. The Kier molecular flexibility index (Phi) is 4.41. The fourth-order valence-electron chi connectivity index (χ4n) is 1.75. The molecule has 0 saturated carbocycles. The van der Waals surface area contributed by atoms with Crippen molar-refractivity contribution in [2.75, 3.05) is 19.0 Å². The zero-order valence-corrected chi connectivity index (χ0v) is 11.0. The quantitative estimate of drug-likeness (QED) is 0.899. The van der Waals surface area contributed by atoms with Gasteiger partial charge in [-0.1, -0.05) is 12.1 Å². The summed E-state index contributed by atoms with van der Waals surface area (Å²) in [6.45, 7) is 3.13. The molecule has 0 unspecified atom stereocenters. The zero-order valence-electron chi connectivity index (χ0n) is 11.0. The van der Waals surface area contributed by atoms with Crippen molar-refractivity contribution >= 4 is 5.82 Å². The van der Waals surface area contributed by atoms with Crippen molar-refractivity contribution in [2.45, 2.75) is 13.5 Å². The summed E-state index contributed by atoms with van der Waals surface area (Å²) in [5, 5.41) is 3.13. The molecule has 19 heavy (non-hydrogen) atoms. The van der Waals surface area contributed by atoms with Crippen LogP contribution >= 0.6 is 0 Å². The third kappa shape index (κ3) is 3.48. The molecular formula is C14H16FN3O. The lowest BCUT2D eigenvalue weighted by Gasteiger charge is -2.08. The van der Waals surface area contributed by atoms with E-state index in [1.807, 2.05) is 13.0 Å². The van der Waals surface area contributed by atoms with Crippen LogP contribution in [0.5, 0.6) is 0 Å². The smallest absolute Gasteiger partial charge is 0.161 e. The molecule has 0 bridgehead atoms. The lowest BCUT2D eigenvalue weighted by molar-refractivity contribution is 0.181. The molecular weight excluding hydrogens is 245 g/mol. The van der Waals surface area contributed by atoms with E-state index in [1.165, 1.54) is 12.1 Å². The van der Waals surface area contributed by atoms with Gasteiger partial charge in [-0.15, -0.1) is 0 Å². The standard InChI is InChI=1S/C14H16FN3O/c1-3-16-13-8-12(9-19-2)17-14(18-13)10-5-4-6-11(15)7-10/h4-8H,3,9H2,1-2H3,(H,16,17,18). The van der Waals surface area contributed by atoms with Gasteiger partial charge in [0.1, 0.15) is 11.6 Å². The van der Waals surface area contributed by atoms with Gasteiger partial charge >= 0.3 is 0 Å². The molecule has 5 heteroatoms. The number of hydrogen-bond acceptors (Lipinski definition) is 4. The first kappa shape index (κ1) is 13.4. The molecule has 0 atom stereocenters. The van der Waals surface area contributed by atoms with Gasteiger partial charge in [0, 0.05) is 25.3 Å². The molecule has 1 aromatic heterocycles. The van der Waals surface area contributed by atoms with E-state index >= 15 is 0 Å². The van der Waals surface area contributed by atoms with Crippen LogP contribution in [-0.4, -0.2) is 23.6 Å². The summed E-state index contributed by atoms with van der Waals surface area (Å²) < 4.78 is 18.3. The largest absolute Gasteiger partial charge is 0.378 e. The number of methoxy groups -OCH3 is 1. The first-order valence-corrected chi connectivity index (χ1v) is 6.09. The van der Waals surface area contributed by atoms with Crippen LogP contribution < -0.4 is 5.32 Å². The topological polar surface area (TPSA) is 47.0 Å². The van der Waals surface area contributed by atoms with Gasteiger partial charge in [0.15, 0.2) is 5.82 Å². The fourth-order valence-corrected chi connectivity index (χ4v) is 1.75. The Bertz CT molecular complexity index is 536. The maximum Gasteiger partial charge on any atom is 0.161 e. The van der Waals surface area contributed by atoms with E-state index in [4.69, 9.17) is 4.74 Å². The summed E-state index contributed by atoms with van der Waals surface area (Å²) in [6, 6.07) is 8.07. The maximum atomic E-state index is 13.3. The number of nitrogens with one attached hydrogen (secondary N) is 1. The summed E-state index contributed by atoms with van der Waals surface area (Å²) in [5.74, 6) is 0.900. The summed E-state index contributed by atoms with van der Waals surface area (Å²) in [5.41, 5.74) is 1.41. The van der Waals surface area contributed by atoms with Gasteiger partial charge in [0.25, 0.3) is 0 Å². The summed E-state index contributed by atoms with van der Waals surface area (Å²) in [6.07, 6.45) is 0. The predicted molar refractivity (Wildman–Crippen MR) is 72.3 cm³/mol. The van der Waals surface area contributed by atoms with Crippen LogP contribution in [0.25, 0.3) is 11.4 Å². The van der Waals surface area contributed by atoms with Crippen molar-refractivity contribution in [3.8, 4) is 11.4 Å². The highest BCUT2D eigenvalue weighted by atomic mass is 19.1. The molecule has 0 aliphatic carbocycles. The average Bonchev–Trinajstić information content (AvgIpc) is 2.39. The molecule has 0 amide bonds. The van der Waals surface area contributed by atoms with Crippen LogP contribution in [0.3, 0.4) is 0 Å². The minimum absolute atomic E-state index is 0.303. The van der Waals surface area contributed by atoms with Crippen LogP contribution in [0.15, 0.2) is 30.3 Å². The average molecular weight is 261 g/mol. The van der Waals surface area contributed by atoms with Gasteiger partial charge in [-0.25, -0.2) is 14.4 Å². The molecule has 100 valence electrons. The van der Waals surface area contributed by atoms with E-state index in [-0.39, 0.29) is 5.82 Å². The van der Waals surface area contributed by atoms with Crippen LogP contribution in [0.4, 0.5) is 10.2 Å².